The molecule has 0 aliphatic carbocycles. The molecule has 0 aromatic heterocycles. The first-order valence-electron chi connectivity index (χ1n) is 9.40. The fraction of sp³-hybridized carbons (Fsp3) is 0.889. The number of aliphatic imine (C=N–C) groups is 1. The molecule has 0 radical (unpaired) electrons. The van der Waals surface area contributed by atoms with Crippen molar-refractivity contribution in [2.75, 3.05) is 52.5 Å². The van der Waals surface area contributed by atoms with Crippen LogP contribution in [0.15, 0.2) is 4.99 Å². The van der Waals surface area contributed by atoms with E-state index >= 15 is 0 Å². The van der Waals surface area contributed by atoms with Gasteiger partial charge in [-0.25, -0.2) is 4.79 Å². The minimum atomic E-state index is -0.443. The smallest absolute Gasteiger partial charge is 0.435 e. The molecule has 6 nitrogen and oxygen atoms in total. The van der Waals surface area contributed by atoms with Crippen LogP contribution in [0.25, 0.3) is 0 Å². The van der Waals surface area contributed by atoms with Crippen LogP contribution in [-0.4, -0.2) is 74.3 Å². The fourth-order valence-electron chi connectivity index (χ4n) is 3.37. The molecule has 0 aromatic carbocycles. The number of carbonyl (C=O) groups excluding carboxylic acids is 1. The first-order chi connectivity index (χ1) is 11.6. The van der Waals surface area contributed by atoms with E-state index in [1.54, 1.807) is 0 Å². The largest absolute Gasteiger partial charge is 0.448 e. The Kier molecular flexibility index (Phi) is 7.99. The number of nitrogens with zero attached hydrogens (tertiary/aromatic N) is 3. The maximum Gasteiger partial charge on any atom is 0.435 e. The Balaban J connectivity index is 1.78. The van der Waals surface area contributed by atoms with Gasteiger partial charge in [0.2, 0.25) is 0 Å². The van der Waals surface area contributed by atoms with Crippen LogP contribution in [0.5, 0.6) is 0 Å². The number of hydrogen-bond acceptors (Lipinski definition) is 4. The van der Waals surface area contributed by atoms with E-state index in [1.807, 2.05) is 0 Å². The van der Waals surface area contributed by atoms with Crippen molar-refractivity contribution in [2.24, 2.45) is 16.8 Å². The predicted molar refractivity (Wildman–Crippen MR) is 95.5 cm³/mol. The molecule has 1 amide bonds. The molecule has 138 valence electrons. The number of likely N-dealkylation sites (tertiary alicyclic amines) is 1. The van der Waals surface area contributed by atoms with Gasteiger partial charge in [0.15, 0.2) is 0 Å². The minimum Gasteiger partial charge on any atom is -0.448 e. The number of rotatable bonds is 5. The fourth-order valence-corrected chi connectivity index (χ4v) is 3.37. The Hall–Kier alpha value is -1.14. The van der Waals surface area contributed by atoms with Crippen molar-refractivity contribution in [3.05, 3.63) is 0 Å². The first-order valence-corrected chi connectivity index (χ1v) is 9.40. The topological polar surface area (TPSA) is 54.4 Å². The monoisotopic (exact) mass is 339 g/mol. The number of piperidine rings is 1. The van der Waals surface area contributed by atoms with Crippen molar-refractivity contribution in [1.29, 1.82) is 0 Å². The number of hydrogen-bond donors (Lipinski definition) is 0. The minimum absolute atomic E-state index is 0.202. The van der Waals surface area contributed by atoms with Gasteiger partial charge in [0.25, 0.3) is 0 Å². The number of amides is 1. The summed E-state index contributed by atoms with van der Waals surface area (Å²) in [6.45, 7) is 13.2. The highest BCUT2D eigenvalue weighted by Gasteiger charge is 2.22. The predicted octanol–water partition coefficient (Wildman–Crippen LogP) is 2.63. The zero-order valence-electron chi connectivity index (χ0n) is 15.5. The van der Waals surface area contributed by atoms with Crippen LogP contribution < -0.4 is 0 Å². The highest BCUT2D eigenvalue weighted by Crippen LogP contribution is 2.18. The third-order valence-electron chi connectivity index (χ3n) is 4.75. The summed E-state index contributed by atoms with van der Waals surface area (Å²) in [7, 11) is 0. The average molecular weight is 339 g/mol. The molecule has 0 spiro atoms. The lowest BCUT2D eigenvalue weighted by Crippen LogP contribution is -2.43. The van der Waals surface area contributed by atoms with E-state index in [4.69, 9.17) is 9.47 Å². The van der Waals surface area contributed by atoms with Crippen LogP contribution in [0, 0.1) is 11.8 Å². The summed E-state index contributed by atoms with van der Waals surface area (Å²) >= 11 is 0. The molecule has 2 aliphatic rings. The van der Waals surface area contributed by atoms with Gasteiger partial charge in [0.05, 0.1) is 19.8 Å². The molecular weight excluding hydrogens is 306 g/mol. The molecule has 6 heteroatoms. The normalized spacial score (nSPS) is 21.3. The van der Waals surface area contributed by atoms with Crippen molar-refractivity contribution in [2.45, 2.75) is 40.0 Å². The average Bonchev–Trinajstić information content (AvgIpc) is 2.60. The van der Waals surface area contributed by atoms with Crippen molar-refractivity contribution in [3.63, 3.8) is 0 Å². The van der Waals surface area contributed by atoms with E-state index in [0.717, 1.165) is 44.9 Å². The highest BCUT2D eigenvalue weighted by atomic mass is 16.5. The Morgan fingerprint density at radius 3 is 2.46 bits per heavy atom. The second kappa shape index (κ2) is 9.99. The second-order valence-corrected chi connectivity index (χ2v) is 7.09. The van der Waals surface area contributed by atoms with Gasteiger partial charge in [-0.15, -0.1) is 0 Å². The summed E-state index contributed by atoms with van der Waals surface area (Å²) in [5.74, 6) is 1.50. The number of carbonyl (C=O) groups is 1. The quantitative estimate of drug-likeness (QED) is 0.569. The van der Waals surface area contributed by atoms with Gasteiger partial charge in [-0.2, -0.15) is 4.99 Å². The lowest BCUT2D eigenvalue weighted by molar-refractivity contribution is 0.0657. The molecule has 24 heavy (non-hydrogen) atoms. The zero-order chi connectivity index (χ0) is 17.4. The molecule has 0 bridgehead atoms. The molecule has 0 unspecified atom stereocenters. The van der Waals surface area contributed by atoms with Gasteiger partial charge >= 0.3 is 6.09 Å². The van der Waals surface area contributed by atoms with E-state index in [2.05, 4.69) is 35.6 Å². The van der Waals surface area contributed by atoms with Crippen molar-refractivity contribution in [3.8, 4) is 0 Å². The van der Waals surface area contributed by atoms with Crippen LogP contribution in [0.1, 0.15) is 40.0 Å². The lowest BCUT2D eigenvalue weighted by atomic mass is 9.98. The van der Waals surface area contributed by atoms with E-state index < -0.39 is 6.09 Å². The van der Waals surface area contributed by atoms with Gasteiger partial charge in [-0.05, 0) is 44.8 Å². The van der Waals surface area contributed by atoms with Gasteiger partial charge < -0.3 is 19.3 Å². The number of morpholine rings is 1. The van der Waals surface area contributed by atoms with E-state index in [0.29, 0.717) is 25.7 Å². The van der Waals surface area contributed by atoms with Crippen LogP contribution >= 0.6 is 0 Å². The van der Waals surface area contributed by atoms with Gasteiger partial charge in [-0.1, -0.05) is 20.8 Å². The third kappa shape index (κ3) is 6.06. The summed E-state index contributed by atoms with van der Waals surface area (Å²) in [4.78, 5) is 21.0. The second-order valence-electron chi connectivity index (χ2n) is 7.09. The molecule has 2 heterocycles. The van der Waals surface area contributed by atoms with E-state index in [-0.39, 0.29) is 5.92 Å². The highest BCUT2D eigenvalue weighted by molar-refractivity contribution is 5.93. The summed E-state index contributed by atoms with van der Waals surface area (Å²) in [5, 5.41) is 0. The SMILES string of the molecule is CCCN1CCC(COC(=O)/N=C(/C(C)C)N2CCOCC2)CC1. The number of amidine groups is 1. The molecule has 0 N–H and O–H groups in total. The zero-order valence-corrected chi connectivity index (χ0v) is 15.5. The van der Waals surface area contributed by atoms with Gasteiger partial charge in [0.1, 0.15) is 5.84 Å². The summed E-state index contributed by atoms with van der Waals surface area (Å²) < 4.78 is 10.8. The Bertz CT molecular complexity index is 412. The van der Waals surface area contributed by atoms with Crippen LogP contribution in [0.4, 0.5) is 4.79 Å². The van der Waals surface area contributed by atoms with Crippen molar-refractivity contribution >= 4 is 11.9 Å². The molecule has 2 aliphatic heterocycles. The Labute approximate surface area is 146 Å². The first kappa shape index (κ1) is 19.2. The van der Waals surface area contributed by atoms with Gasteiger partial charge in [0, 0.05) is 19.0 Å². The van der Waals surface area contributed by atoms with Gasteiger partial charge in [-0.3, -0.25) is 0 Å². The maximum absolute atomic E-state index is 12.1. The summed E-state index contributed by atoms with van der Waals surface area (Å²) in [6.07, 6.45) is 2.98. The van der Waals surface area contributed by atoms with Crippen LogP contribution in [0.3, 0.4) is 0 Å². The molecule has 2 rings (SSSR count). The van der Waals surface area contributed by atoms with E-state index in [1.165, 1.54) is 13.0 Å². The Morgan fingerprint density at radius 1 is 1.21 bits per heavy atom. The van der Waals surface area contributed by atoms with Crippen molar-refractivity contribution < 1.29 is 14.3 Å². The molecule has 2 saturated heterocycles. The van der Waals surface area contributed by atoms with Crippen LogP contribution in [0.2, 0.25) is 0 Å². The number of ether oxygens (including phenoxy) is 2. The van der Waals surface area contributed by atoms with E-state index in [9.17, 15) is 4.79 Å². The molecule has 2 fully saturated rings. The third-order valence-corrected chi connectivity index (χ3v) is 4.75. The maximum atomic E-state index is 12.1. The lowest BCUT2D eigenvalue weighted by Gasteiger charge is -2.32. The summed E-state index contributed by atoms with van der Waals surface area (Å²) in [6, 6.07) is 0. The van der Waals surface area contributed by atoms with Crippen LogP contribution in [-0.2, 0) is 9.47 Å². The van der Waals surface area contributed by atoms with Crippen molar-refractivity contribution in [1.82, 2.24) is 9.80 Å². The molecule has 0 atom stereocenters. The molecular formula is C18H33N3O3. The molecule has 0 aromatic rings. The standard InChI is InChI=1S/C18H33N3O3/c1-4-7-20-8-5-16(6-9-20)14-24-18(22)19-17(15(2)3)21-10-12-23-13-11-21/h15-16H,4-14H2,1-3H3/b19-17-. The summed E-state index contributed by atoms with van der Waals surface area (Å²) in [5.41, 5.74) is 0. The Morgan fingerprint density at radius 2 is 1.88 bits per heavy atom. The molecule has 0 saturated carbocycles.